The van der Waals surface area contributed by atoms with E-state index in [0.29, 0.717) is 11.1 Å². The molecule has 0 saturated heterocycles. The Hall–Kier alpha value is -5.66. The maximum absolute atomic E-state index is 12.8. The van der Waals surface area contributed by atoms with Crippen molar-refractivity contribution in [1.82, 2.24) is 10.6 Å². The monoisotopic (exact) mass is 600 g/mol. The SMILES string of the molecule is COC(=O)c1ccccc1N=NC1C(=O)NC(=O)C(CCC2=C(C)C(N=Nc3ccccc3C(=O)OC)C(=O)NC2=O)=C1C. The topological polar surface area (TPSA) is 194 Å². The summed E-state index contributed by atoms with van der Waals surface area (Å²) in [6.07, 6.45) is 0.0536. The molecule has 0 radical (unpaired) electrons. The van der Waals surface area contributed by atoms with Gasteiger partial charge in [-0.25, -0.2) is 9.59 Å². The van der Waals surface area contributed by atoms with E-state index in [4.69, 9.17) is 9.47 Å². The summed E-state index contributed by atoms with van der Waals surface area (Å²) in [6.45, 7) is 3.12. The quantitative estimate of drug-likeness (QED) is 0.247. The van der Waals surface area contributed by atoms with Crippen molar-refractivity contribution >= 4 is 46.9 Å². The van der Waals surface area contributed by atoms with Gasteiger partial charge in [-0.15, -0.1) is 0 Å². The Morgan fingerprint density at radius 3 is 1.39 bits per heavy atom. The van der Waals surface area contributed by atoms with Gasteiger partial charge in [-0.3, -0.25) is 29.8 Å². The predicted molar refractivity (Wildman–Crippen MR) is 153 cm³/mol. The van der Waals surface area contributed by atoms with Crippen LogP contribution in [0.15, 0.2) is 91.3 Å². The molecule has 4 amide bonds. The zero-order chi connectivity index (χ0) is 32.0. The fourth-order valence-electron chi connectivity index (χ4n) is 4.67. The molecular formula is C30H28N6O8. The molecule has 2 heterocycles. The summed E-state index contributed by atoms with van der Waals surface area (Å²) in [6, 6.07) is 10.3. The zero-order valence-corrected chi connectivity index (χ0v) is 24.2. The lowest BCUT2D eigenvalue weighted by atomic mass is 9.89. The van der Waals surface area contributed by atoms with E-state index in [-0.39, 0.29) is 46.5 Å². The molecule has 0 bridgehead atoms. The van der Waals surface area contributed by atoms with Crippen LogP contribution in [-0.4, -0.2) is 61.9 Å². The van der Waals surface area contributed by atoms with Crippen LogP contribution in [-0.2, 0) is 28.7 Å². The van der Waals surface area contributed by atoms with Crippen molar-refractivity contribution in [3.63, 3.8) is 0 Å². The summed E-state index contributed by atoms with van der Waals surface area (Å²) in [5.41, 5.74) is 1.71. The molecule has 226 valence electrons. The van der Waals surface area contributed by atoms with Gasteiger partial charge in [-0.2, -0.15) is 20.5 Å². The van der Waals surface area contributed by atoms with Gasteiger partial charge in [0.2, 0.25) is 0 Å². The lowest BCUT2D eigenvalue weighted by molar-refractivity contribution is -0.131. The third kappa shape index (κ3) is 6.53. The predicted octanol–water partition coefficient (Wildman–Crippen LogP) is 3.59. The van der Waals surface area contributed by atoms with E-state index in [1.54, 1.807) is 38.1 Å². The average Bonchev–Trinajstić information content (AvgIpc) is 3.01. The van der Waals surface area contributed by atoms with Crippen LogP contribution in [0.5, 0.6) is 0 Å². The highest BCUT2D eigenvalue weighted by molar-refractivity contribution is 6.12. The molecule has 14 nitrogen and oxygen atoms in total. The van der Waals surface area contributed by atoms with Crippen molar-refractivity contribution in [1.29, 1.82) is 0 Å². The number of azo groups is 2. The summed E-state index contributed by atoms with van der Waals surface area (Å²) in [4.78, 5) is 75.0. The summed E-state index contributed by atoms with van der Waals surface area (Å²) >= 11 is 0. The lowest BCUT2D eigenvalue weighted by Crippen LogP contribution is -2.45. The van der Waals surface area contributed by atoms with Crippen LogP contribution in [0.1, 0.15) is 47.4 Å². The number of hydrogen-bond donors (Lipinski definition) is 2. The van der Waals surface area contributed by atoms with Crippen molar-refractivity contribution in [2.75, 3.05) is 14.2 Å². The molecule has 2 atom stereocenters. The number of ether oxygens (including phenoxy) is 2. The van der Waals surface area contributed by atoms with Crippen molar-refractivity contribution in [3.05, 3.63) is 82.0 Å². The maximum atomic E-state index is 12.8. The van der Waals surface area contributed by atoms with E-state index in [2.05, 4.69) is 31.1 Å². The van der Waals surface area contributed by atoms with Crippen LogP contribution in [0.25, 0.3) is 0 Å². The van der Waals surface area contributed by atoms with Gasteiger partial charge in [0.1, 0.15) is 0 Å². The van der Waals surface area contributed by atoms with Crippen LogP contribution in [0.3, 0.4) is 0 Å². The third-order valence-corrected chi connectivity index (χ3v) is 7.10. The second-order valence-corrected chi connectivity index (χ2v) is 9.71. The van der Waals surface area contributed by atoms with Crippen LogP contribution < -0.4 is 10.6 Å². The lowest BCUT2D eigenvalue weighted by Gasteiger charge is -2.24. The minimum Gasteiger partial charge on any atom is -0.465 e. The first kappa shape index (κ1) is 31.3. The van der Waals surface area contributed by atoms with E-state index < -0.39 is 47.7 Å². The Balaban J connectivity index is 1.59. The molecule has 2 unspecified atom stereocenters. The van der Waals surface area contributed by atoms with E-state index in [1.807, 2.05) is 0 Å². The van der Waals surface area contributed by atoms with E-state index in [0.717, 1.165) is 0 Å². The van der Waals surface area contributed by atoms with Crippen LogP contribution in [0.4, 0.5) is 11.4 Å². The molecule has 0 aliphatic carbocycles. The number of methoxy groups -OCH3 is 2. The highest BCUT2D eigenvalue weighted by Gasteiger charge is 2.35. The second kappa shape index (κ2) is 13.5. The summed E-state index contributed by atoms with van der Waals surface area (Å²) in [5, 5.41) is 20.9. The first-order valence-electron chi connectivity index (χ1n) is 13.3. The Labute approximate surface area is 251 Å². The first-order chi connectivity index (χ1) is 21.1. The molecule has 14 heteroatoms. The fourth-order valence-corrected chi connectivity index (χ4v) is 4.67. The van der Waals surface area contributed by atoms with Crippen molar-refractivity contribution in [3.8, 4) is 0 Å². The minimum atomic E-state index is -1.17. The third-order valence-electron chi connectivity index (χ3n) is 7.10. The number of rotatable bonds is 9. The molecule has 2 aliphatic heterocycles. The second-order valence-electron chi connectivity index (χ2n) is 9.71. The van der Waals surface area contributed by atoms with Gasteiger partial charge in [0.05, 0.1) is 36.7 Å². The van der Waals surface area contributed by atoms with Gasteiger partial charge in [0, 0.05) is 11.1 Å². The number of benzene rings is 2. The number of carbonyl (C=O) groups is 6. The van der Waals surface area contributed by atoms with Gasteiger partial charge < -0.3 is 9.47 Å². The van der Waals surface area contributed by atoms with Crippen molar-refractivity contribution < 1.29 is 38.2 Å². The molecular weight excluding hydrogens is 572 g/mol. The standard InChI is InChI=1S/C30H28N6O8/c1-15-17(25(37)31-27(39)23(15)35-33-21-11-7-5-9-19(21)29(41)43-3)13-14-18-16(2)24(28(40)32-26(18)38)36-34-22-12-8-6-10-20(22)30(42)44-4/h5-12,23-24H,13-14H2,1-4H3,(H,31,37,39)(H,32,38,40). The summed E-state index contributed by atoms with van der Waals surface area (Å²) in [7, 11) is 2.45. The number of carbonyl (C=O) groups excluding carboxylic acids is 6. The van der Waals surface area contributed by atoms with Crippen LogP contribution >= 0.6 is 0 Å². The van der Waals surface area contributed by atoms with Crippen molar-refractivity contribution in [2.24, 2.45) is 20.5 Å². The first-order valence-corrected chi connectivity index (χ1v) is 13.3. The Morgan fingerprint density at radius 2 is 1.02 bits per heavy atom. The fraction of sp³-hybridized carbons (Fsp3) is 0.267. The molecule has 0 fully saturated rings. The van der Waals surface area contributed by atoms with Gasteiger partial charge in [0.15, 0.2) is 12.1 Å². The van der Waals surface area contributed by atoms with E-state index in [9.17, 15) is 28.8 Å². The molecule has 4 rings (SSSR count). The minimum absolute atomic E-state index is 0.0268. The Kier molecular flexibility index (Phi) is 9.63. The number of esters is 2. The van der Waals surface area contributed by atoms with Gasteiger partial charge in [-0.1, -0.05) is 24.3 Å². The molecule has 0 saturated carbocycles. The molecule has 2 N–H and O–H groups in total. The summed E-state index contributed by atoms with van der Waals surface area (Å²) < 4.78 is 9.51. The Bertz CT molecular complexity index is 1570. The van der Waals surface area contributed by atoms with Crippen molar-refractivity contribution in [2.45, 2.75) is 38.8 Å². The number of amides is 4. The smallest absolute Gasteiger partial charge is 0.340 e. The van der Waals surface area contributed by atoms with Crippen LogP contribution in [0.2, 0.25) is 0 Å². The van der Waals surface area contributed by atoms with Gasteiger partial charge in [0.25, 0.3) is 23.6 Å². The highest BCUT2D eigenvalue weighted by Crippen LogP contribution is 2.29. The summed E-state index contributed by atoms with van der Waals surface area (Å²) in [5.74, 6) is -3.94. The number of nitrogens with zero attached hydrogens (tertiary/aromatic N) is 4. The molecule has 0 spiro atoms. The average molecular weight is 601 g/mol. The number of imide groups is 2. The maximum Gasteiger partial charge on any atom is 0.340 e. The largest absolute Gasteiger partial charge is 0.465 e. The molecule has 0 aromatic heterocycles. The zero-order valence-electron chi connectivity index (χ0n) is 24.2. The number of hydrogen-bond acceptors (Lipinski definition) is 12. The van der Waals surface area contributed by atoms with E-state index >= 15 is 0 Å². The van der Waals surface area contributed by atoms with Crippen LogP contribution in [0, 0.1) is 0 Å². The van der Waals surface area contributed by atoms with E-state index in [1.165, 1.54) is 38.5 Å². The number of nitrogens with one attached hydrogen (secondary N) is 2. The normalized spacial score (nSPS) is 19.0. The van der Waals surface area contributed by atoms with Gasteiger partial charge in [-0.05, 0) is 62.1 Å². The molecule has 44 heavy (non-hydrogen) atoms. The molecule has 2 aromatic rings. The highest BCUT2D eigenvalue weighted by atomic mass is 16.5. The Morgan fingerprint density at radius 1 is 0.659 bits per heavy atom. The molecule has 2 aliphatic rings. The van der Waals surface area contributed by atoms with Gasteiger partial charge >= 0.3 is 11.9 Å². The molecule has 2 aromatic carbocycles.